The Balaban J connectivity index is 2.73. The monoisotopic (exact) mass is 190 g/mol. The number of hydrogen-bond donors (Lipinski definition) is 0. The average Bonchev–Trinajstić information content (AvgIpc) is 2.14. The molecule has 0 atom stereocenters. The molecule has 0 saturated carbocycles. The summed E-state index contributed by atoms with van der Waals surface area (Å²) in [5.41, 5.74) is 0. The van der Waals surface area contributed by atoms with E-state index in [1.807, 2.05) is 0 Å². The molecule has 0 aromatic rings. The van der Waals surface area contributed by atoms with E-state index in [0.29, 0.717) is 0 Å². The van der Waals surface area contributed by atoms with Crippen molar-refractivity contribution in [1.29, 1.82) is 0 Å². The van der Waals surface area contributed by atoms with Crippen molar-refractivity contribution in [3.05, 3.63) is 22.0 Å². The number of thioether (sulfide) groups is 1. The van der Waals surface area contributed by atoms with Crippen molar-refractivity contribution in [3.8, 4) is 0 Å². The van der Waals surface area contributed by atoms with E-state index in [4.69, 9.17) is 0 Å². The molecule has 0 aliphatic carbocycles. The van der Waals surface area contributed by atoms with Gasteiger partial charge < -0.3 is 0 Å². The molecule has 0 unspecified atom stereocenters. The quantitative estimate of drug-likeness (QED) is 0.582. The van der Waals surface area contributed by atoms with Gasteiger partial charge in [0.15, 0.2) is 0 Å². The van der Waals surface area contributed by atoms with Crippen LogP contribution in [0.3, 0.4) is 0 Å². The van der Waals surface area contributed by atoms with Gasteiger partial charge in [-0.2, -0.15) is 0 Å². The van der Waals surface area contributed by atoms with Gasteiger partial charge in [0.1, 0.15) is 0 Å². The predicted molar refractivity (Wildman–Crippen MR) is 38.7 cm³/mol. The van der Waals surface area contributed by atoms with Gasteiger partial charge in [0.2, 0.25) is 5.12 Å². The third-order valence-electron chi connectivity index (χ3n) is 0.710. The zero-order valence-corrected chi connectivity index (χ0v) is 6.33. The Bertz CT molecular complexity index is 171. The van der Waals surface area contributed by atoms with E-state index in [0.717, 1.165) is 4.91 Å². The summed E-state index contributed by atoms with van der Waals surface area (Å²) in [6.07, 6.45) is 3.33. The van der Waals surface area contributed by atoms with E-state index in [2.05, 4.69) is 15.9 Å². The van der Waals surface area contributed by atoms with Crippen LogP contribution in [0.5, 0.6) is 0 Å². The second kappa shape index (κ2) is 2.51. The van der Waals surface area contributed by atoms with E-state index in [1.165, 1.54) is 11.8 Å². The molecule has 0 fully saturated rings. The standard InChI is InChI=1S/C5H3BrOS/c6-3-4-1-2-5(7)8-4/h1-3H. The molecule has 1 rings (SSSR count). The average molecular weight is 191 g/mol. The fourth-order valence-corrected chi connectivity index (χ4v) is 1.38. The summed E-state index contributed by atoms with van der Waals surface area (Å²) in [7, 11) is 0. The van der Waals surface area contributed by atoms with Crippen LogP contribution in [0.2, 0.25) is 0 Å². The Kier molecular flexibility index (Phi) is 1.91. The first kappa shape index (κ1) is 6.11. The Morgan fingerprint density at radius 2 is 2.38 bits per heavy atom. The van der Waals surface area contributed by atoms with Crippen LogP contribution in [-0.4, -0.2) is 5.12 Å². The van der Waals surface area contributed by atoms with Crippen LogP contribution in [0, 0.1) is 0 Å². The summed E-state index contributed by atoms with van der Waals surface area (Å²) in [6, 6.07) is 0. The lowest BCUT2D eigenvalue weighted by Gasteiger charge is -1.81. The van der Waals surface area contributed by atoms with Crippen LogP contribution in [0.4, 0.5) is 0 Å². The molecule has 1 nitrogen and oxygen atoms in total. The first-order valence-electron chi connectivity index (χ1n) is 2.03. The van der Waals surface area contributed by atoms with Crippen molar-refractivity contribution in [2.45, 2.75) is 0 Å². The molecule has 0 aromatic carbocycles. The van der Waals surface area contributed by atoms with E-state index in [9.17, 15) is 4.79 Å². The number of rotatable bonds is 0. The highest BCUT2D eigenvalue weighted by Gasteiger charge is 2.06. The topological polar surface area (TPSA) is 17.1 Å². The zero-order chi connectivity index (χ0) is 5.98. The van der Waals surface area contributed by atoms with Gasteiger partial charge in [0, 0.05) is 4.91 Å². The summed E-state index contributed by atoms with van der Waals surface area (Å²) in [4.78, 5) is 13.1. The molecule has 0 saturated heterocycles. The molecule has 42 valence electrons. The van der Waals surface area contributed by atoms with Gasteiger partial charge in [-0.05, 0) is 28.9 Å². The van der Waals surface area contributed by atoms with E-state index in [-0.39, 0.29) is 5.12 Å². The van der Waals surface area contributed by atoms with E-state index >= 15 is 0 Å². The van der Waals surface area contributed by atoms with Crippen LogP contribution in [0.1, 0.15) is 0 Å². The van der Waals surface area contributed by atoms with Crippen LogP contribution >= 0.6 is 27.7 Å². The summed E-state index contributed by atoms with van der Waals surface area (Å²) in [5, 5.41) is 0.107. The highest BCUT2D eigenvalue weighted by molar-refractivity contribution is 9.11. The Morgan fingerprint density at radius 3 is 2.62 bits per heavy atom. The molecule has 1 heterocycles. The maximum absolute atomic E-state index is 10.4. The Hall–Kier alpha value is -0.0200. The van der Waals surface area contributed by atoms with Crippen molar-refractivity contribution < 1.29 is 4.79 Å². The zero-order valence-electron chi connectivity index (χ0n) is 3.93. The van der Waals surface area contributed by atoms with Gasteiger partial charge in [-0.3, -0.25) is 4.79 Å². The molecule has 1 aliphatic rings. The number of carbonyl (C=O) groups excluding carboxylic acids is 1. The van der Waals surface area contributed by atoms with Crippen molar-refractivity contribution in [2.75, 3.05) is 0 Å². The second-order valence-electron chi connectivity index (χ2n) is 1.27. The van der Waals surface area contributed by atoms with Gasteiger partial charge in [0.05, 0.1) is 0 Å². The number of carbonyl (C=O) groups is 1. The third-order valence-corrected chi connectivity index (χ3v) is 2.33. The Morgan fingerprint density at radius 1 is 1.62 bits per heavy atom. The molecular formula is C5H3BrOS. The fourth-order valence-electron chi connectivity index (χ4n) is 0.393. The number of allylic oxidation sites excluding steroid dienone is 1. The fraction of sp³-hybridized carbons (Fsp3) is 0. The van der Waals surface area contributed by atoms with Crippen LogP contribution in [0.25, 0.3) is 0 Å². The molecule has 1 aliphatic heterocycles. The number of hydrogen-bond acceptors (Lipinski definition) is 2. The number of halogens is 1. The molecule has 0 radical (unpaired) electrons. The van der Waals surface area contributed by atoms with Crippen LogP contribution in [-0.2, 0) is 4.79 Å². The maximum Gasteiger partial charge on any atom is 0.216 e. The normalized spacial score (nSPS) is 23.1. The van der Waals surface area contributed by atoms with Gasteiger partial charge in [0.25, 0.3) is 0 Å². The second-order valence-corrected chi connectivity index (χ2v) is 2.80. The maximum atomic E-state index is 10.4. The van der Waals surface area contributed by atoms with Crippen molar-refractivity contribution in [1.82, 2.24) is 0 Å². The van der Waals surface area contributed by atoms with Crippen LogP contribution in [0.15, 0.2) is 22.0 Å². The van der Waals surface area contributed by atoms with Crippen molar-refractivity contribution in [2.24, 2.45) is 0 Å². The van der Waals surface area contributed by atoms with Gasteiger partial charge in [-0.25, -0.2) is 0 Å². The minimum Gasteiger partial charge on any atom is -0.282 e. The van der Waals surface area contributed by atoms with Crippen LogP contribution < -0.4 is 0 Å². The molecule has 0 aromatic heterocycles. The minimum absolute atomic E-state index is 0.107. The van der Waals surface area contributed by atoms with E-state index < -0.39 is 0 Å². The first-order valence-corrected chi connectivity index (χ1v) is 3.76. The highest BCUT2D eigenvalue weighted by atomic mass is 79.9. The van der Waals surface area contributed by atoms with Gasteiger partial charge >= 0.3 is 0 Å². The van der Waals surface area contributed by atoms with Gasteiger partial charge in [-0.15, -0.1) is 0 Å². The summed E-state index contributed by atoms with van der Waals surface area (Å²) in [5.74, 6) is 0. The third kappa shape index (κ3) is 1.23. The molecule has 0 N–H and O–H groups in total. The molecule has 0 amide bonds. The largest absolute Gasteiger partial charge is 0.282 e. The first-order chi connectivity index (χ1) is 3.83. The molecular weight excluding hydrogens is 188 g/mol. The summed E-state index contributed by atoms with van der Waals surface area (Å²) < 4.78 is 0. The van der Waals surface area contributed by atoms with Gasteiger partial charge in [-0.1, -0.05) is 15.9 Å². The van der Waals surface area contributed by atoms with Crippen molar-refractivity contribution in [3.63, 3.8) is 0 Å². The molecule has 0 bridgehead atoms. The van der Waals surface area contributed by atoms with E-state index in [1.54, 1.807) is 17.1 Å². The molecule has 8 heavy (non-hydrogen) atoms. The predicted octanol–water partition coefficient (Wildman–Crippen LogP) is 2.05. The minimum atomic E-state index is 0.107. The molecule has 0 spiro atoms. The van der Waals surface area contributed by atoms with Crippen molar-refractivity contribution >= 4 is 32.8 Å². The lowest BCUT2D eigenvalue weighted by molar-refractivity contribution is -0.106. The lowest BCUT2D eigenvalue weighted by Crippen LogP contribution is -1.72. The lowest BCUT2D eigenvalue weighted by atomic mass is 10.5. The SMILES string of the molecule is O=C1C=CC(=CBr)S1. The molecule has 3 heteroatoms. The highest BCUT2D eigenvalue weighted by Crippen LogP contribution is 2.25. The Labute approximate surface area is 60.0 Å². The summed E-state index contributed by atoms with van der Waals surface area (Å²) in [6.45, 7) is 0. The smallest absolute Gasteiger partial charge is 0.216 e. The summed E-state index contributed by atoms with van der Waals surface area (Å²) >= 11 is 4.35.